The van der Waals surface area contributed by atoms with E-state index in [4.69, 9.17) is 9.47 Å². The van der Waals surface area contributed by atoms with E-state index in [0.717, 1.165) is 19.1 Å². The lowest BCUT2D eigenvalue weighted by Gasteiger charge is -2.47. The predicted molar refractivity (Wildman–Crippen MR) is 58.4 cm³/mol. The summed E-state index contributed by atoms with van der Waals surface area (Å²) in [6.45, 7) is 3.99. The zero-order chi connectivity index (χ0) is 10.4. The Hall–Kier alpha value is -0.0800. The molecule has 0 spiro atoms. The summed E-state index contributed by atoms with van der Waals surface area (Å²) in [6, 6.07) is 0. The lowest BCUT2D eigenvalue weighted by Crippen LogP contribution is -2.44. The van der Waals surface area contributed by atoms with Gasteiger partial charge in [0, 0.05) is 19.6 Å². The van der Waals surface area contributed by atoms with Crippen molar-refractivity contribution >= 4 is 0 Å². The normalized spacial score (nSPS) is 20.8. The van der Waals surface area contributed by atoms with Gasteiger partial charge in [0.2, 0.25) is 0 Å². The summed E-state index contributed by atoms with van der Waals surface area (Å²) in [5.74, 6) is 0.931. The van der Waals surface area contributed by atoms with E-state index in [1.165, 1.54) is 32.1 Å². The van der Waals surface area contributed by atoms with Crippen LogP contribution in [-0.2, 0) is 9.47 Å². The fraction of sp³-hybridized carbons (Fsp3) is 1.00. The van der Waals surface area contributed by atoms with E-state index in [2.05, 4.69) is 6.92 Å². The topological polar surface area (TPSA) is 18.5 Å². The number of unbranched alkanes of at least 4 members (excludes halogenated alkanes) is 1. The molecule has 1 aliphatic rings. The molecule has 1 aliphatic carbocycles. The summed E-state index contributed by atoms with van der Waals surface area (Å²) in [5, 5.41) is 0. The van der Waals surface area contributed by atoms with Crippen LogP contribution in [-0.4, -0.2) is 27.4 Å². The summed E-state index contributed by atoms with van der Waals surface area (Å²) in [4.78, 5) is 0. The maximum absolute atomic E-state index is 5.27. The first-order chi connectivity index (χ1) is 6.76. The molecule has 14 heavy (non-hydrogen) atoms. The van der Waals surface area contributed by atoms with E-state index >= 15 is 0 Å². The molecule has 2 nitrogen and oxygen atoms in total. The summed E-state index contributed by atoms with van der Waals surface area (Å²) in [6.07, 6.45) is 6.69. The molecule has 1 fully saturated rings. The van der Waals surface area contributed by atoms with Crippen LogP contribution < -0.4 is 0 Å². The van der Waals surface area contributed by atoms with Gasteiger partial charge >= 0.3 is 0 Å². The summed E-state index contributed by atoms with van der Waals surface area (Å²) >= 11 is 0. The predicted octanol–water partition coefficient (Wildman–Crippen LogP) is 2.87. The minimum atomic E-state index is 0.349. The first-order valence-corrected chi connectivity index (χ1v) is 5.74. The molecular formula is C12H24O2. The lowest BCUT2D eigenvalue weighted by molar-refractivity contribution is -0.0751. The van der Waals surface area contributed by atoms with E-state index < -0.39 is 0 Å². The molecule has 0 amide bonds. The van der Waals surface area contributed by atoms with Crippen molar-refractivity contribution in [2.45, 2.75) is 39.0 Å². The smallest absolute Gasteiger partial charge is 0.0540 e. The SMILES string of the molecule is CCCCC1CC(COC)(COC)C1. The van der Waals surface area contributed by atoms with E-state index in [9.17, 15) is 0 Å². The zero-order valence-electron chi connectivity index (χ0n) is 9.84. The van der Waals surface area contributed by atoms with Crippen LogP contribution in [0.25, 0.3) is 0 Å². The number of methoxy groups -OCH3 is 2. The second kappa shape index (κ2) is 5.72. The first-order valence-electron chi connectivity index (χ1n) is 5.74. The van der Waals surface area contributed by atoms with E-state index in [1.54, 1.807) is 14.2 Å². The third-order valence-corrected chi connectivity index (χ3v) is 3.31. The average Bonchev–Trinajstić information content (AvgIpc) is 2.11. The van der Waals surface area contributed by atoms with Gasteiger partial charge in [0.05, 0.1) is 13.2 Å². The molecule has 0 atom stereocenters. The Bertz CT molecular complexity index is 142. The van der Waals surface area contributed by atoms with Crippen LogP contribution in [0.2, 0.25) is 0 Å². The molecule has 0 N–H and O–H groups in total. The molecule has 0 saturated heterocycles. The van der Waals surface area contributed by atoms with Crippen molar-refractivity contribution in [2.75, 3.05) is 27.4 Å². The van der Waals surface area contributed by atoms with Gasteiger partial charge in [0.15, 0.2) is 0 Å². The number of ether oxygens (including phenoxy) is 2. The van der Waals surface area contributed by atoms with Crippen LogP contribution >= 0.6 is 0 Å². The maximum Gasteiger partial charge on any atom is 0.0540 e. The lowest BCUT2D eigenvalue weighted by atomic mass is 9.61. The Balaban J connectivity index is 2.24. The highest BCUT2D eigenvalue weighted by Crippen LogP contribution is 2.48. The van der Waals surface area contributed by atoms with Crippen LogP contribution in [0.4, 0.5) is 0 Å². The molecule has 2 heteroatoms. The number of hydrogen-bond acceptors (Lipinski definition) is 2. The van der Waals surface area contributed by atoms with Crippen molar-refractivity contribution in [1.29, 1.82) is 0 Å². The Morgan fingerprint density at radius 3 is 2.14 bits per heavy atom. The molecule has 1 saturated carbocycles. The third kappa shape index (κ3) is 2.96. The summed E-state index contributed by atoms with van der Waals surface area (Å²) in [5.41, 5.74) is 0.349. The Morgan fingerprint density at radius 2 is 1.71 bits per heavy atom. The van der Waals surface area contributed by atoms with Crippen LogP contribution in [0.1, 0.15) is 39.0 Å². The van der Waals surface area contributed by atoms with E-state index in [0.29, 0.717) is 5.41 Å². The maximum atomic E-state index is 5.27. The number of rotatable bonds is 7. The molecule has 0 aromatic carbocycles. The van der Waals surface area contributed by atoms with Gasteiger partial charge in [-0.2, -0.15) is 0 Å². The van der Waals surface area contributed by atoms with Crippen molar-refractivity contribution in [3.8, 4) is 0 Å². The molecule has 0 aliphatic heterocycles. The van der Waals surface area contributed by atoms with Crippen molar-refractivity contribution in [1.82, 2.24) is 0 Å². The van der Waals surface area contributed by atoms with Gasteiger partial charge in [-0.25, -0.2) is 0 Å². The summed E-state index contributed by atoms with van der Waals surface area (Å²) in [7, 11) is 3.58. The third-order valence-electron chi connectivity index (χ3n) is 3.31. The molecule has 84 valence electrons. The van der Waals surface area contributed by atoms with Crippen molar-refractivity contribution in [3.63, 3.8) is 0 Å². The Kier molecular flexibility index (Phi) is 4.90. The molecule has 0 aromatic rings. The van der Waals surface area contributed by atoms with Crippen molar-refractivity contribution < 1.29 is 9.47 Å². The fourth-order valence-corrected chi connectivity index (χ4v) is 2.75. The largest absolute Gasteiger partial charge is 0.384 e. The highest BCUT2D eigenvalue weighted by molar-refractivity contribution is 4.93. The zero-order valence-corrected chi connectivity index (χ0v) is 9.84. The van der Waals surface area contributed by atoms with Crippen LogP contribution in [0, 0.1) is 11.3 Å². The second-order valence-electron chi connectivity index (χ2n) is 4.78. The van der Waals surface area contributed by atoms with Gasteiger partial charge in [-0.15, -0.1) is 0 Å². The van der Waals surface area contributed by atoms with Gasteiger partial charge < -0.3 is 9.47 Å². The Morgan fingerprint density at radius 1 is 1.14 bits per heavy atom. The minimum Gasteiger partial charge on any atom is -0.384 e. The van der Waals surface area contributed by atoms with Crippen molar-refractivity contribution in [2.24, 2.45) is 11.3 Å². The van der Waals surface area contributed by atoms with Crippen LogP contribution in [0.15, 0.2) is 0 Å². The fourth-order valence-electron chi connectivity index (χ4n) is 2.75. The number of hydrogen-bond donors (Lipinski definition) is 0. The molecule has 0 bridgehead atoms. The summed E-state index contributed by atoms with van der Waals surface area (Å²) < 4.78 is 10.5. The first kappa shape index (κ1) is 12.0. The Labute approximate surface area is 88.0 Å². The van der Waals surface area contributed by atoms with Crippen LogP contribution in [0.5, 0.6) is 0 Å². The highest BCUT2D eigenvalue weighted by Gasteiger charge is 2.43. The van der Waals surface area contributed by atoms with E-state index in [1.807, 2.05) is 0 Å². The van der Waals surface area contributed by atoms with Gasteiger partial charge in [-0.3, -0.25) is 0 Å². The highest BCUT2D eigenvalue weighted by atomic mass is 16.5. The molecule has 0 heterocycles. The second-order valence-corrected chi connectivity index (χ2v) is 4.78. The average molecular weight is 200 g/mol. The van der Waals surface area contributed by atoms with E-state index in [-0.39, 0.29) is 0 Å². The molecule has 0 aromatic heterocycles. The van der Waals surface area contributed by atoms with Gasteiger partial charge in [0.25, 0.3) is 0 Å². The van der Waals surface area contributed by atoms with Crippen LogP contribution in [0.3, 0.4) is 0 Å². The molecule has 0 radical (unpaired) electrons. The molecule has 0 unspecified atom stereocenters. The van der Waals surface area contributed by atoms with Gasteiger partial charge in [-0.05, 0) is 18.8 Å². The van der Waals surface area contributed by atoms with Gasteiger partial charge in [-0.1, -0.05) is 26.2 Å². The molecular weight excluding hydrogens is 176 g/mol. The standard InChI is InChI=1S/C12H24O2/c1-4-5-6-11-7-12(8-11,9-13-2)10-14-3/h11H,4-10H2,1-3H3. The quantitative estimate of drug-likeness (QED) is 0.629. The molecule has 1 rings (SSSR count). The van der Waals surface area contributed by atoms with Gasteiger partial charge in [0.1, 0.15) is 0 Å². The van der Waals surface area contributed by atoms with Crippen molar-refractivity contribution in [3.05, 3.63) is 0 Å². The monoisotopic (exact) mass is 200 g/mol. The minimum absolute atomic E-state index is 0.349.